The summed E-state index contributed by atoms with van der Waals surface area (Å²) >= 11 is 0. The van der Waals surface area contributed by atoms with E-state index in [1.807, 2.05) is 4.68 Å². The highest BCUT2D eigenvalue weighted by atomic mass is 19.1. The molecular formula is C15H18FN5O. The van der Waals surface area contributed by atoms with Crippen LogP contribution in [0, 0.1) is 5.82 Å². The van der Waals surface area contributed by atoms with Crippen LogP contribution in [0.3, 0.4) is 0 Å². The lowest BCUT2D eigenvalue weighted by Crippen LogP contribution is -2.23. The maximum Gasteiger partial charge on any atom is 0.165 e. The first kappa shape index (κ1) is 13.6. The molecule has 4 rings (SSSR count). The van der Waals surface area contributed by atoms with Crippen molar-refractivity contribution >= 4 is 0 Å². The van der Waals surface area contributed by atoms with E-state index in [2.05, 4.69) is 20.8 Å². The van der Waals surface area contributed by atoms with Crippen LogP contribution in [0.25, 0.3) is 0 Å². The number of hydrogen-bond donors (Lipinski definition) is 1. The van der Waals surface area contributed by atoms with Crippen LogP contribution in [-0.4, -0.2) is 26.8 Å². The molecule has 1 aromatic heterocycles. The number of fused-ring (bicyclic) bond motifs is 1. The van der Waals surface area contributed by atoms with Crippen LogP contribution in [0.15, 0.2) is 18.2 Å². The average Bonchev–Trinajstić information content (AvgIpc) is 3.29. The minimum Gasteiger partial charge on any atom is -0.493 e. The van der Waals surface area contributed by atoms with Crippen molar-refractivity contribution in [1.82, 2.24) is 25.5 Å². The molecule has 0 radical (unpaired) electrons. The molecule has 1 unspecified atom stereocenters. The Labute approximate surface area is 127 Å². The van der Waals surface area contributed by atoms with E-state index in [-0.39, 0.29) is 11.9 Å². The largest absolute Gasteiger partial charge is 0.493 e. The number of tetrazole rings is 1. The van der Waals surface area contributed by atoms with Crippen molar-refractivity contribution in [2.45, 2.75) is 44.3 Å². The highest BCUT2D eigenvalue weighted by molar-refractivity contribution is 5.37. The molecule has 1 saturated carbocycles. The van der Waals surface area contributed by atoms with Crippen molar-refractivity contribution in [1.29, 1.82) is 0 Å². The van der Waals surface area contributed by atoms with Gasteiger partial charge in [-0.15, -0.1) is 5.10 Å². The van der Waals surface area contributed by atoms with Crippen molar-refractivity contribution in [3.63, 3.8) is 0 Å². The molecular weight excluding hydrogens is 285 g/mol. The fraction of sp³-hybridized carbons (Fsp3) is 0.533. The first-order chi connectivity index (χ1) is 10.8. The molecule has 1 aliphatic carbocycles. The maximum atomic E-state index is 13.6. The lowest BCUT2D eigenvalue weighted by molar-refractivity contribution is 0.314. The van der Waals surface area contributed by atoms with Crippen molar-refractivity contribution in [2.75, 3.05) is 6.61 Å². The third-order valence-electron chi connectivity index (χ3n) is 4.20. The summed E-state index contributed by atoms with van der Waals surface area (Å²) in [4.78, 5) is 0. The summed E-state index contributed by atoms with van der Waals surface area (Å²) in [6, 6.07) is 5.21. The zero-order valence-corrected chi connectivity index (χ0v) is 12.2. The third-order valence-corrected chi connectivity index (χ3v) is 4.20. The Morgan fingerprint density at radius 2 is 2.23 bits per heavy atom. The van der Waals surface area contributed by atoms with Gasteiger partial charge in [0.05, 0.1) is 19.2 Å². The molecule has 116 valence electrons. The number of ether oxygens (including phenoxy) is 1. The fourth-order valence-corrected chi connectivity index (χ4v) is 2.91. The predicted molar refractivity (Wildman–Crippen MR) is 76.8 cm³/mol. The second kappa shape index (κ2) is 5.64. The molecule has 1 aliphatic heterocycles. The van der Waals surface area contributed by atoms with Gasteiger partial charge in [-0.2, -0.15) is 0 Å². The number of benzene rings is 1. The summed E-state index contributed by atoms with van der Waals surface area (Å²) in [7, 11) is 0. The molecule has 1 atom stereocenters. The zero-order chi connectivity index (χ0) is 14.9. The molecule has 2 heterocycles. The Morgan fingerprint density at radius 3 is 3.09 bits per heavy atom. The highest BCUT2D eigenvalue weighted by Crippen LogP contribution is 2.35. The molecule has 0 saturated heterocycles. The lowest BCUT2D eigenvalue weighted by atomic mass is 10.0. The van der Waals surface area contributed by atoms with Crippen LogP contribution in [0.1, 0.15) is 49.2 Å². The van der Waals surface area contributed by atoms with Gasteiger partial charge in [0.25, 0.3) is 0 Å². The minimum atomic E-state index is -0.237. The molecule has 2 aromatic rings. The molecule has 1 fully saturated rings. The zero-order valence-electron chi connectivity index (χ0n) is 12.2. The standard InChI is InChI=1S/C15H18FN5O/c16-10-3-6-14-12(8-10)13(2-1-7-22-14)17-9-15-18-19-20-21(15)11-4-5-11/h3,6,8,11,13,17H,1-2,4-5,7,9H2. The number of nitrogens with one attached hydrogen (secondary N) is 1. The third kappa shape index (κ3) is 2.68. The smallest absolute Gasteiger partial charge is 0.165 e. The van der Waals surface area contributed by atoms with Gasteiger partial charge in [0.15, 0.2) is 5.82 Å². The Balaban J connectivity index is 1.52. The maximum absolute atomic E-state index is 13.6. The van der Waals surface area contributed by atoms with Crippen LogP contribution in [0.4, 0.5) is 4.39 Å². The molecule has 0 bridgehead atoms. The molecule has 1 aromatic carbocycles. The molecule has 0 amide bonds. The predicted octanol–water partition coefficient (Wildman–Crippen LogP) is 2.15. The number of aromatic nitrogens is 4. The summed E-state index contributed by atoms with van der Waals surface area (Å²) in [5.41, 5.74) is 0.878. The van der Waals surface area contributed by atoms with Gasteiger partial charge in [-0.05, 0) is 54.3 Å². The second-order valence-electron chi connectivity index (χ2n) is 5.88. The van der Waals surface area contributed by atoms with Crippen molar-refractivity contribution in [3.05, 3.63) is 35.4 Å². The number of halogens is 1. The molecule has 0 spiro atoms. The highest BCUT2D eigenvalue weighted by Gasteiger charge is 2.28. The quantitative estimate of drug-likeness (QED) is 0.937. The van der Waals surface area contributed by atoms with Gasteiger partial charge >= 0.3 is 0 Å². The van der Waals surface area contributed by atoms with Gasteiger partial charge < -0.3 is 10.1 Å². The molecule has 1 N–H and O–H groups in total. The van der Waals surface area contributed by atoms with Crippen molar-refractivity contribution in [2.24, 2.45) is 0 Å². The summed E-state index contributed by atoms with van der Waals surface area (Å²) in [6.07, 6.45) is 4.12. The number of rotatable bonds is 4. The lowest BCUT2D eigenvalue weighted by Gasteiger charge is -2.18. The van der Waals surface area contributed by atoms with Crippen LogP contribution in [0.5, 0.6) is 5.75 Å². The van der Waals surface area contributed by atoms with Crippen LogP contribution < -0.4 is 10.1 Å². The van der Waals surface area contributed by atoms with Crippen LogP contribution >= 0.6 is 0 Å². The number of nitrogens with zero attached hydrogens (tertiary/aromatic N) is 4. The van der Waals surface area contributed by atoms with E-state index in [9.17, 15) is 4.39 Å². The van der Waals surface area contributed by atoms with E-state index >= 15 is 0 Å². The summed E-state index contributed by atoms with van der Waals surface area (Å²) in [5.74, 6) is 1.36. The van der Waals surface area contributed by atoms with Gasteiger partial charge in [0.1, 0.15) is 11.6 Å². The van der Waals surface area contributed by atoms with Gasteiger partial charge in [-0.25, -0.2) is 9.07 Å². The van der Waals surface area contributed by atoms with Crippen molar-refractivity contribution in [3.8, 4) is 5.75 Å². The first-order valence-corrected chi connectivity index (χ1v) is 7.73. The molecule has 2 aliphatic rings. The van der Waals surface area contributed by atoms with Crippen LogP contribution in [-0.2, 0) is 6.54 Å². The van der Waals surface area contributed by atoms with Crippen LogP contribution in [0.2, 0.25) is 0 Å². The Hall–Kier alpha value is -2.02. The van der Waals surface area contributed by atoms with Gasteiger partial charge in [-0.1, -0.05) is 0 Å². The Bertz CT molecular complexity index is 670. The Kier molecular flexibility index (Phi) is 3.49. The summed E-state index contributed by atoms with van der Waals surface area (Å²) < 4.78 is 21.2. The van der Waals surface area contributed by atoms with Gasteiger partial charge in [0.2, 0.25) is 0 Å². The topological polar surface area (TPSA) is 64.9 Å². The van der Waals surface area contributed by atoms with E-state index in [1.54, 1.807) is 12.1 Å². The SMILES string of the molecule is Fc1ccc2c(c1)C(NCc1nnnn1C1CC1)CCCO2. The van der Waals surface area contributed by atoms with E-state index in [0.717, 1.165) is 42.8 Å². The second-order valence-corrected chi connectivity index (χ2v) is 5.88. The van der Waals surface area contributed by atoms with E-state index in [0.29, 0.717) is 19.2 Å². The Morgan fingerprint density at radius 1 is 1.32 bits per heavy atom. The average molecular weight is 303 g/mol. The summed E-state index contributed by atoms with van der Waals surface area (Å²) in [6.45, 7) is 1.24. The van der Waals surface area contributed by atoms with E-state index < -0.39 is 0 Å². The minimum absolute atomic E-state index is 0.0533. The molecule has 7 heteroatoms. The monoisotopic (exact) mass is 303 g/mol. The first-order valence-electron chi connectivity index (χ1n) is 7.73. The van der Waals surface area contributed by atoms with Gasteiger partial charge in [-0.3, -0.25) is 0 Å². The number of hydrogen-bond acceptors (Lipinski definition) is 5. The summed E-state index contributed by atoms with van der Waals surface area (Å²) in [5, 5.41) is 15.4. The van der Waals surface area contributed by atoms with E-state index in [1.165, 1.54) is 6.07 Å². The normalized spacial score (nSPS) is 21.0. The fourth-order valence-electron chi connectivity index (χ4n) is 2.91. The molecule has 6 nitrogen and oxygen atoms in total. The molecule has 22 heavy (non-hydrogen) atoms. The van der Waals surface area contributed by atoms with E-state index in [4.69, 9.17) is 4.74 Å². The van der Waals surface area contributed by atoms with Gasteiger partial charge in [0, 0.05) is 11.6 Å². The van der Waals surface area contributed by atoms with Crippen molar-refractivity contribution < 1.29 is 9.13 Å².